The second-order valence-electron chi connectivity index (χ2n) is 5.05. The van der Waals surface area contributed by atoms with Gasteiger partial charge >= 0.3 is 0 Å². The molecule has 1 fully saturated rings. The van der Waals surface area contributed by atoms with E-state index >= 15 is 0 Å². The summed E-state index contributed by atoms with van der Waals surface area (Å²) < 4.78 is 0.483. The van der Waals surface area contributed by atoms with Crippen LogP contribution in [0.2, 0.25) is 0 Å². The van der Waals surface area contributed by atoms with Crippen LogP contribution in [0.4, 0.5) is 5.69 Å². The molecular weight excluding hydrogens is 314 g/mol. The van der Waals surface area contributed by atoms with E-state index < -0.39 is 0 Å². The molecule has 1 saturated heterocycles. The lowest BCUT2D eigenvalue weighted by Gasteiger charge is -2.21. The fourth-order valence-electron chi connectivity index (χ4n) is 2.26. The maximum Gasteiger partial charge on any atom is 0.255 e. The van der Waals surface area contributed by atoms with E-state index in [1.54, 1.807) is 18.2 Å². The van der Waals surface area contributed by atoms with E-state index in [4.69, 9.17) is 0 Å². The molecule has 0 unspecified atom stereocenters. The van der Waals surface area contributed by atoms with Crippen molar-refractivity contribution >= 4 is 35.1 Å². The van der Waals surface area contributed by atoms with Gasteiger partial charge in [-0.3, -0.25) is 4.79 Å². The van der Waals surface area contributed by atoms with Crippen molar-refractivity contribution in [2.45, 2.75) is 11.0 Å². The molecule has 0 bridgehead atoms. The largest absolute Gasteiger partial charge is 0.508 e. The minimum absolute atomic E-state index is 0.138. The Morgan fingerprint density at radius 3 is 2.50 bits per heavy atom. The standard InChI is InChI=1S/C17H17NO2S2/c19-15-4-1-3-14(11-15)18-16(20)12-5-7-13(8-6-12)17-21-9-2-10-22-17/h1,3-8,11,17,19H,2,9-10H2,(H,18,20). The van der Waals surface area contributed by atoms with Gasteiger partial charge in [-0.2, -0.15) is 0 Å². The molecule has 0 radical (unpaired) electrons. The third kappa shape index (κ3) is 3.78. The lowest BCUT2D eigenvalue weighted by Crippen LogP contribution is -2.11. The first-order chi connectivity index (χ1) is 10.7. The van der Waals surface area contributed by atoms with Gasteiger partial charge in [-0.1, -0.05) is 18.2 Å². The van der Waals surface area contributed by atoms with E-state index in [1.807, 2.05) is 47.8 Å². The van der Waals surface area contributed by atoms with Crippen molar-refractivity contribution in [2.75, 3.05) is 16.8 Å². The first-order valence-corrected chi connectivity index (χ1v) is 9.26. The summed E-state index contributed by atoms with van der Waals surface area (Å²) in [6, 6.07) is 14.4. The zero-order valence-electron chi connectivity index (χ0n) is 12.0. The number of carbonyl (C=O) groups is 1. The van der Waals surface area contributed by atoms with Crippen LogP contribution in [-0.2, 0) is 0 Å². The summed E-state index contributed by atoms with van der Waals surface area (Å²) in [7, 11) is 0. The number of benzene rings is 2. The Balaban J connectivity index is 1.68. The molecule has 0 aliphatic carbocycles. The number of phenolic OH excluding ortho intramolecular Hbond substituents is 1. The van der Waals surface area contributed by atoms with Gasteiger partial charge in [0.15, 0.2) is 0 Å². The number of nitrogens with one attached hydrogen (secondary N) is 1. The highest BCUT2D eigenvalue weighted by atomic mass is 32.2. The Morgan fingerprint density at radius 1 is 1.09 bits per heavy atom. The molecule has 114 valence electrons. The summed E-state index contributed by atoms with van der Waals surface area (Å²) in [5, 5.41) is 12.2. The molecule has 5 heteroatoms. The Bertz CT molecular complexity index is 652. The molecule has 1 aliphatic heterocycles. The highest BCUT2D eigenvalue weighted by molar-refractivity contribution is 8.16. The van der Waals surface area contributed by atoms with Crippen molar-refractivity contribution in [3.63, 3.8) is 0 Å². The molecule has 0 spiro atoms. The summed E-state index contributed by atoms with van der Waals surface area (Å²) in [6.07, 6.45) is 1.27. The lowest BCUT2D eigenvalue weighted by molar-refractivity contribution is 0.102. The topological polar surface area (TPSA) is 49.3 Å². The van der Waals surface area contributed by atoms with E-state index in [2.05, 4.69) is 5.32 Å². The van der Waals surface area contributed by atoms with Crippen LogP contribution >= 0.6 is 23.5 Å². The van der Waals surface area contributed by atoms with Gasteiger partial charge in [-0.15, -0.1) is 23.5 Å². The van der Waals surface area contributed by atoms with E-state index in [9.17, 15) is 9.90 Å². The molecular formula is C17H17NO2S2. The van der Waals surface area contributed by atoms with Crippen LogP contribution in [0.1, 0.15) is 26.9 Å². The fraction of sp³-hybridized carbons (Fsp3) is 0.235. The van der Waals surface area contributed by atoms with Crippen LogP contribution in [0.15, 0.2) is 48.5 Å². The molecule has 3 rings (SSSR count). The van der Waals surface area contributed by atoms with Crippen molar-refractivity contribution in [3.05, 3.63) is 59.7 Å². The highest BCUT2D eigenvalue weighted by Crippen LogP contribution is 2.43. The van der Waals surface area contributed by atoms with Crippen molar-refractivity contribution in [1.82, 2.24) is 0 Å². The number of anilines is 1. The number of hydrogen-bond donors (Lipinski definition) is 2. The molecule has 2 N–H and O–H groups in total. The summed E-state index contributed by atoms with van der Waals surface area (Å²) >= 11 is 3.94. The second-order valence-corrected chi connectivity index (χ2v) is 7.78. The first-order valence-electron chi connectivity index (χ1n) is 7.16. The van der Waals surface area contributed by atoms with Crippen molar-refractivity contribution in [2.24, 2.45) is 0 Å². The van der Waals surface area contributed by atoms with Gasteiger partial charge in [0.2, 0.25) is 0 Å². The van der Waals surface area contributed by atoms with Gasteiger partial charge in [0.25, 0.3) is 5.91 Å². The fourth-order valence-corrected chi connectivity index (χ4v) is 5.15. The van der Waals surface area contributed by atoms with E-state index in [0.717, 1.165) is 0 Å². The Labute approximate surface area is 138 Å². The van der Waals surface area contributed by atoms with Crippen LogP contribution < -0.4 is 5.32 Å². The zero-order chi connectivity index (χ0) is 15.4. The average molecular weight is 331 g/mol. The van der Waals surface area contributed by atoms with Crippen LogP contribution in [0.25, 0.3) is 0 Å². The number of aromatic hydroxyl groups is 1. The molecule has 2 aromatic rings. The van der Waals surface area contributed by atoms with Crippen molar-refractivity contribution < 1.29 is 9.90 Å². The summed E-state index contributed by atoms with van der Waals surface area (Å²) in [4.78, 5) is 12.2. The number of phenols is 1. The lowest BCUT2D eigenvalue weighted by atomic mass is 10.1. The van der Waals surface area contributed by atoms with Crippen molar-refractivity contribution in [3.8, 4) is 5.75 Å². The molecule has 2 aromatic carbocycles. The SMILES string of the molecule is O=C(Nc1cccc(O)c1)c1ccc(C2SCCCS2)cc1. The number of amides is 1. The van der Waals surface area contributed by atoms with Crippen LogP contribution in [0, 0.1) is 0 Å². The summed E-state index contributed by atoms with van der Waals surface area (Å²) in [6.45, 7) is 0. The Kier molecular flexibility index (Phi) is 4.95. The van der Waals surface area contributed by atoms with Gasteiger partial charge in [0.1, 0.15) is 5.75 Å². The number of carbonyl (C=O) groups excluding carboxylic acids is 1. The smallest absolute Gasteiger partial charge is 0.255 e. The molecule has 0 saturated carbocycles. The molecule has 1 heterocycles. The summed E-state index contributed by atoms with van der Waals surface area (Å²) in [5.41, 5.74) is 2.48. The maximum absolute atomic E-state index is 12.2. The van der Waals surface area contributed by atoms with Gasteiger partial charge in [0.05, 0.1) is 4.58 Å². The van der Waals surface area contributed by atoms with Gasteiger partial charge in [-0.05, 0) is 47.8 Å². The molecule has 1 aliphatic rings. The second kappa shape index (κ2) is 7.11. The third-order valence-corrected chi connectivity index (χ3v) is 6.39. The highest BCUT2D eigenvalue weighted by Gasteiger charge is 2.17. The van der Waals surface area contributed by atoms with Crippen LogP contribution in [0.3, 0.4) is 0 Å². The Hall–Kier alpha value is -1.59. The molecule has 1 amide bonds. The van der Waals surface area contributed by atoms with Crippen LogP contribution in [-0.4, -0.2) is 22.5 Å². The Morgan fingerprint density at radius 2 is 1.82 bits per heavy atom. The van der Waals surface area contributed by atoms with Crippen LogP contribution in [0.5, 0.6) is 5.75 Å². The first kappa shape index (κ1) is 15.3. The van der Waals surface area contributed by atoms with Gasteiger partial charge < -0.3 is 10.4 Å². The normalized spacial score (nSPS) is 15.5. The maximum atomic E-state index is 12.2. The predicted molar refractivity (Wildman–Crippen MR) is 94.8 cm³/mol. The van der Waals surface area contributed by atoms with E-state index in [-0.39, 0.29) is 11.7 Å². The summed E-state index contributed by atoms with van der Waals surface area (Å²) in [5.74, 6) is 2.38. The predicted octanol–water partition coefficient (Wildman–Crippen LogP) is 4.51. The minimum Gasteiger partial charge on any atom is -0.508 e. The average Bonchev–Trinajstić information content (AvgIpc) is 2.56. The quantitative estimate of drug-likeness (QED) is 0.868. The monoisotopic (exact) mass is 331 g/mol. The third-order valence-electron chi connectivity index (χ3n) is 3.38. The molecule has 0 aromatic heterocycles. The molecule has 0 atom stereocenters. The number of thioether (sulfide) groups is 2. The number of hydrogen-bond acceptors (Lipinski definition) is 4. The van der Waals surface area contributed by atoms with E-state index in [0.29, 0.717) is 15.8 Å². The molecule has 22 heavy (non-hydrogen) atoms. The van der Waals surface area contributed by atoms with Gasteiger partial charge in [0, 0.05) is 17.3 Å². The minimum atomic E-state index is -0.166. The number of rotatable bonds is 3. The van der Waals surface area contributed by atoms with Crippen molar-refractivity contribution in [1.29, 1.82) is 0 Å². The zero-order valence-corrected chi connectivity index (χ0v) is 13.6. The van der Waals surface area contributed by atoms with Gasteiger partial charge in [-0.25, -0.2) is 0 Å². The van der Waals surface area contributed by atoms with E-state index in [1.165, 1.54) is 29.6 Å². The molecule has 3 nitrogen and oxygen atoms in total.